The number of hydrogen-bond donors (Lipinski definition) is 2. The highest BCUT2D eigenvalue weighted by molar-refractivity contribution is 5.79. The van der Waals surface area contributed by atoms with E-state index < -0.39 is 0 Å². The Morgan fingerprint density at radius 3 is 2.79 bits per heavy atom. The van der Waals surface area contributed by atoms with Crippen molar-refractivity contribution in [1.29, 1.82) is 5.41 Å². The third-order valence-corrected chi connectivity index (χ3v) is 3.98. The van der Waals surface area contributed by atoms with E-state index in [1.165, 1.54) is 37.8 Å². The molecule has 0 amide bonds. The smallest absolute Gasteiger partial charge is 0.0949 e. The van der Waals surface area contributed by atoms with E-state index in [1.807, 2.05) is 0 Å². The largest absolute Gasteiger partial charge is 0.387 e. The molecule has 0 spiro atoms. The van der Waals surface area contributed by atoms with Gasteiger partial charge in [0.2, 0.25) is 0 Å². The van der Waals surface area contributed by atoms with Crippen LogP contribution < -0.4 is 5.73 Å². The summed E-state index contributed by atoms with van der Waals surface area (Å²) < 4.78 is 0. The second kappa shape index (κ2) is 7.29. The molecule has 1 atom stereocenters. The second-order valence-electron chi connectivity index (χ2n) is 5.54. The zero-order chi connectivity index (χ0) is 13.5. The fraction of sp³-hybridized carbons (Fsp3) is 0.562. The lowest BCUT2D eigenvalue weighted by molar-refractivity contribution is 0.200. The van der Waals surface area contributed by atoms with Crippen LogP contribution in [0.1, 0.15) is 31.2 Å². The Kier molecular flexibility index (Phi) is 5.40. The summed E-state index contributed by atoms with van der Waals surface area (Å²) in [4.78, 5) is 2.47. The summed E-state index contributed by atoms with van der Waals surface area (Å²) in [5.74, 6) is 0.664. The summed E-state index contributed by atoms with van der Waals surface area (Å²) in [5, 5.41) is 7.56. The third kappa shape index (κ3) is 4.67. The van der Waals surface area contributed by atoms with Gasteiger partial charge in [-0.25, -0.2) is 0 Å². The van der Waals surface area contributed by atoms with Crippen LogP contribution in [-0.2, 0) is 6.42 Å². The van der Waals surface area contributed by atoms with Crippen LogP contribution >= 0.6 is 0 Å². The maximum Gasteiger partial charge on any atom is 0.0949 e. The van der Waals surface area contributed by atoms with Crippen LogP contribution in [0.4, 0.5) is 0 Å². The molecule has 19 heavy (non-hydrogen) atoms. The Morgan fingerprint density at radius 2 is 2.05 bits per heavy atom. The first-order chi connectivity index (χ1) is 9.25. The van der Waals surface area contributed by atoms with E-state index in [4.69, 9.17) is 11.1 Å². The Balaban J connectivity index is 1.64. The van der Waals surface area contributed by atoms with Crippen molar-refractivity contribution in [2.24, 2.45) is 11.7 Å². The van der Waals surface area contributed by atoms with Crippen LogP contribution in [0.5, 0.6) is 0 Å². The van der Waals surface area contributed by atoms with Crippen molar-refractivity contribution in [3.8, 4) is 0 Å². The summed E-state index contributed by atoms with van der Waals surface area (Å²) >= 11 is 0. The minimum atomic E-state index is 0.294. The number of benzene rings is 1. The van der Waals surface area contributed by atoms with E-state index in [9.17, 15) is 0 Å². The van der Waals surface area contributed by atoms with Gasteiger partial charge in [0.15, 0.2) is 0 Å². The molecular weight excluding hydrogens is 234 g/mol. The predicted molar refractivity (Wildman–Crippen MR) is 80.5 cm³/mol. The van der Waals surface area contributed by atoms with Crippen LogP contribution in [-0.4, -0.2) is 30.4 Å². The average Bonchev–Trinajstić information content (AvgIpc) is 2.45. The third-order valence-electron chi connectivity index (χ3n) is 3.98. The number of unbranched alkanes of at least 4 members (excludes halogenated alkanes) is 1. The SMILES string of the molecule is N=C(N)C1CCCN(CCCCc2ccccc2)C1. The lowest BCUT2D eigenvalue weighted by Gasteiger charge is -2.32. The van der Waals surface area contributed by atoms with E-state index >= 15 is 0 Å². The minimum Gasteiger partial charge on any atom is -0.387 e. The van der Waals surface area contributed by atoms with Crippen molar-refractivity contribution >= 4 is 5.84 Å². The van der Waals surface area contributed by atoms with E-state index in [0.717, 1.165) is 19.5 Å². The number of likely N-dealkylation sites (tertiary alicyclic amines) is 1. The molecule has 3 nitrogen and oxygen atoms in total. The molecule has 0 aromatic heterocycles. The topological polar surface area (TPSA) is 53.1 Å². The van der Waals surface area contributed by atoms with Gasteiger partial charge in [-0.15, -0.1) is 0 Å². The summed E-state index contributed by atoms with van der Waals surface area (Å²) in [7, 11) is 0. The highest BCUT2D eigenvalue weighted by Crippen LogP contribution is 2.16. The van der Waals surface area contributed by atoms with Gasteiger partial charge in [0.1, 0.15) is 0 Å². The molecule has 1 fully saturated rings. The number of piperidine rings is 1. The van der Waals surface area contributed by atoms with Crippen molar-refractivity contribution in [1.82, 2.24) is 4.90 Å². The predicted octanol–water partition coefficient (Wildman–Crippen LogP) is 2.66. The number of nitrogens with one attached hydrogen (secondary N) is 1. The lowest BCUT2D eigenvalue weighted by Crippen LogP contribution is -2.41. The minimum absolute atomic E-state index is 0.294. The molecule has 1 saturated heterocycles. The molecule has 0 bridgehead atoms. The molecule has 1 aromatic carbocycles. The first-order valence-corrected chi connectivity index (χ1v) is 7.36. The normalized spacial score (nSPS) is 20.3. The number of nitrogens with zero attached hydrogens (tertiary/aromatic N) is 1. The van der Waals surface area contributed by atoms with Crippen LogP contribution in [0.25, 0.3) is 0 Å². The zero-order valence-corrected chi connectivity index (χ0v) is 11.6. The molecule has 1 aliphatic rings. The Hall–Kier alpha value is -1.35. The van der Waals surface area contributed by atoms with E-state index in [1.54, 1.807) is 0 Å². The fourth-order valence-corrected chi connectivity index (χ4v) is 2.82. The second-order valence-corrected chi connectivity index (χ2v) is 5.54. The van der Waals surface area contributed by atoms with Gasteiger partial charge >= 0.3 is 0 Å². The molecule has 1 unspecified atom stereocenters. The standard InChI is InChI=1S/C16H25N3/c17-16(18)15-10-6-12-19(13-15)11-5-4-9-14-7-2-1-3-8-14/h1-3,7-8,15H,4-6,9-13H2,(H3,17,18). The van der Waals surface area contributed by atoms with Crippen molar-refractivity contribution in [2.45, 2.75) is 32.1 Å². The molecule has 0 aliphatic carbocycles. The molecule has 0 radical (unpaired) electrons. The molecule has 0 saturated carbocycles. The molecular formula is C16H25N3. The number of aryl methyl sites for hydroxylation is 1. The van der Waals surface area contributed by atoms with E-state index in [0.29, 0.717) is 11.8 Å². The highest BCUT2D eigenvalue weighted by Gasteiger charge is 2.21. The molecule has 1 aromatic rings. The monoisotopic (exact) mass is 259 g/mol. The molecule has 1 heterocycles. The number of amidine groups is 1. The molecule has 2 rings (SSSR count). The van der Waals surface area contributed by atoms with Crippen LogP contribution in [0, 0.1) is 11.3 Å². The maximum absolute atomic E-state index is 7.56. The number of rotatable bonds is 6. The summed E-state index contributed by atoms with van der Waals surface area (Å²) in [6.45, 7) is 3.31. The number of hydrogen-bond acceptors (Lipinski definition) is 2. The molecule has 3 heteroatoms. The van der Waals surface area contributed by atoms with Gasteiger partial charge in [-0.1, -0.05) is 30.3 Å². The molecule has 1 aliphatic heterocycles. The van der Waals surface area contributed by atoms with Crippen molar-refractivity contribution in [2.75, 3.05) is 19.6 Å². The average molecular weight is 259 g/mol. The maximum atomic E-state index is 7.56. The Bertz CT molecular complexity index is 388. The Morgan fingerprint density at radius 1 is 1.26 bits per heavy atom. The quantitative estimate of drug-likeness (QED) is 0.469. The van der Waals surface area contributed by atoms with Gasteiger partial charge in [0.05, 0.1) is 5.84 Å². The molecule has 3 N–H and O–H groups in total. The summed E-state index contributed by atoms with van der Waals surface area (Å²) in [5.41, 5.74) is 7.05. The Labute approximate surface area is 116 Å². The van der Waals surface area contributed by atoms with Gasteiger partial charge in [0.25, 0.3) is 0 Å². The fourth-order valence-electron chi connectivity index (χ4n) is 2.82. The lowest BCUT2D eigenvalue weighted by atomic mass is 9.97. The van der Waals surface area contributed by atoms with E-state index in [2.05, 4.69) is 35.2 Å². The van der Waals surface area contributed by atoms with E-state index in [-0.39, 0.29) is 0 Å². The highest BCUT2D eigenvalue weighted by atomic mass is 15.1. The van der Waals surface area contributed by atoms with Crippen LogP contribution in [0.3, 0.4) is 0 Å². The zero-order valence-electron chi connectivity index (χ0n) is 11.6. The van der Waals surface area contributed by atoms with Crippen molar-refractivity contribution in [3.05, 3.63) is 35.9 Å². The van der Waals surface area contributed by atoms with Gasteiger partial charge < -0.3 is 10.6 Å². The van der Waals surface area contributed by atoms with Crippen LogP contribution in [0.2, 0.25) is 0 Å². The number of nitrogens with two attached hydrogens (primary N) is 1. The van der Waals surface area contributed by atoms with Crippen molar-refractivity contribution < 1.29 is 0 Å². The summed E-state index contributed by atoms with van der Waals surface area (Å²) in [6, 6.07) is 10.7. The van der Waals surface area contributed by atoms with Crippen molar-refractivity contribution in [3.63, 3.8) is 0 Å². The first-order valence-electron chi connectivity index (χ1n) is 7.36. The van der Waals surface area contributed by atoms with Gasteiger partial charge in [-0.05, 0) is 50.8 Å². The van der Waals surface area contributed by atoms with Gasteiger partial charge in [-0.2, -0.15) is 0 Å². The van der Waals surface area contributed by atoms with Gasteiger partial charge in [0, 0.05) is 12.5 Å². The summed E-state index contributed by atoms with van der Waals surface area (Å²) in [6.07, 6.45) is 5.92. The first kappa shape index (κ1) is 14.1. The van der Waals surface area contributed by atoms with Crippen LogP contribution in [0.15, 0.2) is 30.3 Å². The molecule has 104 valence electrons. The van der Waals surface area contributed by atoms with Gasteiger partial charge in [-0.3, -0.25) is 5.41 Å².